The fraction of sp³-hybridized carbons (Fsp3) is 0.273. The minimum atomic E-state index is -0.970. The molecule has 0 unspecified atom stereocenters. The number of carbonyl (C=O) groups is 2. The van der Waals surface area contributed by atoms with Crippen molar-refractivity contribution in [1.29, 1.82) is 0 Å². The number of esters is 1. The number of carbonyl (C=O) groups excluding carboxylic acids is 2. The molecule has 3 rings (SSSR count). The van der Waals surface area contributed by atoms with Gasteiger partial charge in [0.05, 0.1) is 12.3 Å². The maximum atomic E-state index is 12.3. The number of para-hydroxylation sites is 2. The molecule has 0 aromatic heterocycles. The van der Waals surface area contributed by atoms with Gasteiger partial charge in [-0.2, -0.15) is 0 Å². The van der Waals surface area contributed by atoms with Gasteiger partial charge >= 0.3 is 5.97 Å². The van der Waals surface area contributed by atoms with Crippen molar-refractivity contribution in [3.63, 3.8) is 0 Å². The van der Waals surface area contributed by atoms with Gasteiger partial charge in [-0.3, -0.25) is 4.79 Å². The summed E-state index contributed by atoms with van der Waals surface area (Å²) in [5.74, 6) is 0.792. The molecule has 1 N–H and O–H groups in total. The Bertz CT molecular complexity index is 908. The van der Waals surface area contributed by atoms with E-state index in [4.69, 9.17) is 18.9 Å². The largest absolute Gasteiger partial charge is 0.492 e. The van der Waals surface area contributed by atoms with Gasteiger partial charge in [-0.05, 0) is 49.8 Å². The Labute approximate surface area is 169 Å². The minimum Gasteiger partial charge on any atom is -0.492 e. The van der Waals surface area contributed by atoms with Gasteiger partial charge in [-0.15, -0.1) is 0 Å². The smallest absolute Gasteiger partial charge is 0.331 e. The number of hydrogen-bond donors (Lipinski definition) is 1. The maximum Gasteiger partial charge on any atom is 0.331 e. The maximum absolute atomic E-state index is 12.3. The Morgan fingerprint density at radius 2 is 1.90 bits per heavy atom. The van der Waals surface area contributed by atoms with E-state index in [2.05, 4.69) is 5.32 Å². The molecular formula is C22H23NO6. The third-order valence-corrected chi connectivity index (χ3v) is 4.09. The Morgan fingerprint density at radius 3 is 2.69 bits per heavy atom. The van der Waals surface area contributed by atoms with Crippen LogP contribution in [0, 0.1) is 0 Å². The lowest BCUT2D eigenvalue weighted by molar-refractivity contribution is -0.148. The van der Waals surface area contributed by atoms with Gasteiger partial charge in [-0.1, -0.05) is 18.2 Å². The zero-order valence-corrected chi connectivity index (χ0v) is 16.3. The Kier molecular flexibility index (Phi) is 6.73. The van der Waals surface area contributed by atoms with Crippen molar-refractivity contribution in [2.75, 3.05) is 25.1 Å². The van der Waals surface area contributed by atoms with Crippen molar-refractivity contribution in [2.24, 2.45) is 0 Å². The summed E-state index contributed by atoms with van der Waals surface area (Å²) in [4.78, 5) is 24.4. The zero-order chi connectivity index (χ0) is 20.6. The van der Waals surface area contributed by atoms with Gasteiger partial charge in [-0.25, -0.2) is 4.79 Å². The monoisotopic (exact) mass is 397 g/mol. The Hall–Kier alpha value is -3.48. The molecule has 0 radical (unpaired) electrons. The van der Waals surface area contributed by atoms with Crippen molar-refractivity contribution in [2.45, 2.75) is 20.0 Å². The molecule has 7 nitrogen and oxygen atoms in total. The summed E-state index contributed by atoms with van der Waals surface area (Å²) in [5, 5.41) is 2.71. The van der Waals surface area contributed by atoms with Gasteiger partial charge in [0.2, 0.25) is 0 Å². The summed E-state index contributed by atoms with van der Waals surface area (Å²) in [5.41, 5.74) is 1.28. The average molecular weight is 397 g/mol. The highest BCUT2D eigenvalue weighted by molar-refractivity contribution is 5.97. The van der Waals surface area contributed by atoms with E-state index in [1.54, 1.807) is 42.5 Å². The van der Waals surface area contributed by atoms with Crippen LogP contribution in [0.5, 0.6) is 17.2 Å². The molecule has 1 aliphatic rings. The molecule has 1 aliphatic heterocycles. The number of nitrogens with one attached hydrogen (secondary N) is 1. The number of anilines is 1. The van der Waals surface area contributed by atoms with Crippen LogP contribution >= 0.6 is 0 Å². The number of amides is 1. The predicted molar refractivity (Wildman–Crippen MR) is 108 cm³/mol. The number of hydrogen-bond acceptors (Lipinski definition) is 6. The normalized spacial score (nSPS) is 13.6. The molecule has 0 saturated carbocycles. The van der Waals surface area contributed by atoms with E-state index in [0.717, 1.165) is 5.56 Å². The van der Waals surface area contributed by atoms with Crippen LogP contribution in [-0.4, -0.2) is 37.8 Å². The van der Waals surface area contributed by atoms with E-state index >= 15 is 0 Å². The number of ether oxygens (including phenoxy) is 4. The molecule has 29 heavy (non-hydrogen) atoms. The molecule has 1 heterocycles. The molecule has 0 fully saturated rings. The fourth-order valence-corrected chi connectivity index (χ4v) is 2.68. The van der Waals surface area contributed by atoms with E-state index in [1.807, 2.05) is 13.0 Å². The first-order valence-corrected chi connectivity index (χ1v) is 9.38. The number of benzene rings is 2. The summed E-state index contributed by atoms with van der Waals surface area (Å²) >= 11 is 0. The van der Waals surface area contributed by atoms with Crippen molar-refractivity contribution >= 4 is 23.6 Å². The lowest BCUT2D eigenvalue weighted by Crippen LogP contribution is -2.29. The molecule has 1 atom stereocenters. The van der Waals surface area contributed by atoms with Crippen LogP contribution in [0.2, 0.25) is 0 Å². The zero-order valence-electron chi connectivity index (χ0n) is 16.3. The van der Waals surface area contributed by atoms with E-state index in [0.29, 0.717) is 42.8 Å². The van der Waals surface area contributed by atoms with Crippen molar-refractivity contribution in [1.82, 2.24) is 0 Å². The lowest BCUT2D eigenvalue weighted by atomic mass is 10.2. The molecule has 152 valence electrons. The molecule has 0 bridgehead atoms. The SMILES string of the molecule is CCOc1ccccc1NC(=O)[C@@H](C)OC(=O)/C=C/c1ccc2c(c1)OCCO2. The summed E-state index contributed by atoms with van der Waals surface area (Å²) in [6.07, 6.45) is 1.89. The first-order chi connectivity index (χ1) is 14.1. The van der Waals surface area contributed by atoms with Crippen LogP contribution in [0.15, 0.2) is 48.5 Å². The van der Waals surface area contributed by atoms with Crippen LogP contribution in [0.1, 0.15) is 19.4 Å². The molecule has 0 saturated heterocycles. The molecule has 0 spiro atoms. The minimum absolute atomic E-state index is 0.446. The topological polar surface area (TPSA) is 83.1 Å². The number of rotatable bonds is 7. The summed E-state index contributed by atoms with van der Waals surface area (Å²) in [6.45, 7) is 4.85. The van der Waals surface area contributed by atoms with Crippen molar-refractivity contribution < 1.29 is 28.5 Å². The molecule has 2 aromatic rings. The van der Waals surface area contributed by atoms with Crippen LogP contribution < -0.4 is 19.5 Å². The van der Waals surface area contributed by atoms with E-state index in [9.17, 15) is 9.59 Å². The highest BCUT2D eigenvalue weighted by Crippen LogP contribution is 2.31. The predicted octanol–water partition coefficient (Wildman–Crippen LogP) is 3.44. The van der Waals surface area contributed by atoms with Crippen LogP contribution in [0.4, 0.5) is 5.69 Å². The van der Waals surface area contributed by atoms with E-state index in [-0.39, 0.29) is 0 Å². The molecule has 0 aliphatic carbocycles. The molecular weight excluding hydrogens is 374 g/mol. The van der Waals surface area contributed by atoms with Crippen LogP contribution in [0.3, 0.4) is 0 Å². The quantitative estimate of drug-likeness (QED) is 0.569. The first-order valence-electron chi connectivity index (χ1n) is 9.38. The Morgan fingerprint density at radius 1 is 1.14 bits per heavy atom. The second-order valence-electron chi connectivity index (χ2n) is 6.23. The van der Waals surface area contributed by atoms with Crippen molar-refractivity contribution in [3.8, 4) is 17.2 Å². The van der Waals surface area contributed by atoms with E-state index < -0.39 is 18.0 Å². The average Bonchev–Trinajstić information content (AvgIpc) is 2.73. The van der Waals surface area contributed by atoms with Crippen molar-refractivity contribution in [3.05, 3.63) is 54.1 Å². The van der Waals surface area contributed by atoms with Gasteiger partial charge in [0.15, 0.2) is 17.6 Å². The standard InChI is InChI=1S/C22H23NO6/c1-3-26-18-7-5-4-6-17(18)23-22(25)15(2)29-21(24)11-9-16-8-10-19-20(14-16)28-13-12-27-19/h4-11,14-15H,3,12-13H2,1-2H3,(H,23,25)/b11-9+/t15-/m1/s1. The van der Waals surface area contributed by atoms with Crippen LogP contribution in [0.25, 0.3) is 6.08 Å². The lowest BCUT2D eigenvalue weighted by Gasteiger charge is -2.18. The van der Waals surface area contributed by atoms with Gasteiger partial charge in [0.25, 0.3) is 5.91 Å². The third-order valence-electron chi connectivity index (χ3n) is 4.09. The van der Waals surface area contributed by atoms with Gasteiger partial charge < -0.3 is 24.3 Å². The van der Waals surface area contributed by atoms with Gasteiger partial charge in [0, 0.05) is 6.08 Å². The molecule has 1 amide bonds. The number of fused-ring (bicyclic) bond motifs is 1. The summed E-state index contributed by atoms with van der Waals surface area (Å²) < 4.78 is 21.6. The van der Waals surface area contributed by atoms with Gasteiger partial charge in [0.1, 0.15) is 19.0 Å². The first kappa shape index (κ1) is 20.3. The molecule has 2 aromatic carbocycles. The van der Waals surface area contributed by atoms with Crippen LogP contribution in [-0.2, 0) is 14.3 Å². The second kappa shape index (κ2) is 9.64. The third kappa shape index (κ3) is 5.51. The van der Waals surface area contributed by atoms with E-state index in [1.165, 1.54) is 13.0 Å². The molecule has 7 heteroatoms. The Balaban J connectivity index is 1.56. The second-order valence-corrected chi connectivity index (χ2v) is 6.23. The highest BCUT2D eigenvalue weighted by atomic mass is 16.6. The highest BCUT2D eigenvalue weighted by Gasteiger charge is 2.18. The summed E-state index contributed by atoms with van der Waals surface area (Å²) in [7, 11) is 0. The summed E-state index contributed by atoms with van der Waals surface area (Å²) in [6, 6.07) is 12.4. The fourth-order valence-electron chi connectivity index (χ4n) is 2.68.